The lowest BCUT2D eigenvalue weighted by atomic mass is 10.1. The van der Waals surface area contributed by atoms with Crippen LogP contribution in [0.1, 0.15) is 41.5 Å². The topological polar surface area (TPSA) is 73.2 Å². The number of aryl methyl sites for hydroxylation is 1. The first-order valence-electron chi connectivity index (χ1n) is 10.2. The van der Waals surface area contributed by atoms with Gasteiger partial charge in [-0.1, -0.05) is 48.5 Å². The van der Waals surface area contributed by atoms with Crippen molar-refractivity contribution in [3.63, 3.8) is 0 Å². The van der Waals surface area contributed by atoms with Crippen LogP contribution < -0.4 is 5.32 Å². The highest BCUT2D eigenvalue weighted by molar-refractivity contribution is 5.86. The predicted octanol–water partition coefficient (Wildman–Crippen LogP) is 3.59. The number of para-hydroxylation sites is 1. The van der Waals surface area contributed by atoms with Crippen LogP contribution in [0.4, 0.5) is 0 Å². The second-order valence-corrected chi connectivity index (χ2v) is 7.64. The standard InChI is InChI=1S/C24H25N3O3/c1-16-21(17(2)27(26-16)20-11-7-4-8-12-20)15-22(28)30-23(18-9-5-3-6-10-18)24(29)25-19-13-14-19/h3-12,19,23H,13-15H2,1-2H3,(H,25,29)/t23-/m1/s1. The van der Waals surface area contributed by atoms with Crippen LogP contribution in [0.2, 0.25) is 0 Å². The van der Waals surface area contributed by atoms with Crippen LogP contribution in [-0.4, -0.2) is 27.7 Å². The van der Waals surface area contributed by atoms with Gasteiger partial charge in [-0.15, -0.1) is 0 Å². The lowest BCUT2D eigenvalue weighted by molar-refractivity contribution is -0.156. The Kier molecular flexibility index (Phi) is 5.65. The summed E-state index contributed by atoms with van der Waals surface area (Å²) in [5.74, 6) is -0.723. The largest absolute Gasteiger partial charge is 0.447 e. The van der Waals surface area contributed by atoms with Crippen molar-refractivity contribution in [1.29, 1.82) is 0 Å². The number of carbonyl (C=O) groups is 2. The van der Waals surface area contributed by atoms with Crippen LogP contribution in [0, 0.1) is 13.8 Å². The molecule has 1 N–H and O–H groups in total. The molecule has 0 unspecified atom stereocenters. The second kappa shape index (κ2) is 8.53. The average Bonchev–Trinajstić information content (AvgIpc) is 3.53. The van der Waals surface area contributed by atoms with Gasteiger partial charge >= 0.3 is 5.97 Å². The molecule has 1 aliphatic carbocycles. The number of nitrogens with zero attached hydrogens (tertiary/aromatic N) is 2. The Morgan fingerprint density at radius 2 is 1.70 bits per heavy atom. The molecule has 1 saturated carbocycles. The molecule has 1 heterocycles. The Labute approximate surface area is 175 Å². The van der Waals surface area contributed by atoms with E-state index < -0.39 is 12.1 Å². The molecular weight excluding hydrogens is 378 g/mol. The number of nitrogens with one attached hydrogen (secondary N) is 1. The van der Waals surface area contributed by atoms with Crippen molar-refractivity contribution in [2.24, 2.45) is 0 Å². The van der Waals surface area contributed by atoms with E-state index in [1.54, 1.807) is 12.1 Å². The fraction of sp³-hybridized carbons (Fsp3) is 0.292. The fourth-order valence-corrected chi connectivity index (χ4v) is 3.47. The van der Waals surface area contributed by atoms with Gasteiger partial charge in [-0.05, 0) is 38.8 Å². The summed E-state index contributed by atoms with van der Waals surface area (Å²) in [6.07, 6.45) is 1.05. The van der Waals surface area contributed by atoms with Crippen molar-refractivity contribution in [3.8, 4) is 5.69 Å². The number of hydrogen-bond acceptors (Lipinski definition) is 4. The number of esters is 1. The third kappa shape index (κ3) is 4.43. The van der Waals surface area contributed by atoms with Gasteiger partial charge in [0.2, 0.25) is 6.10 Å². The zero-order chi connectivity index (χ0) is 21.1. The monoisotopic (exact) mass is 403 g/mol. The Morgan fingerprint density at radius 1 is 1.07 bits per heavy atom. The molecule has 0 saturated heterocycles. The molecule has 0 aliphatic heterocycles. The quantitative estimate of drug-likeness (QED) is 0.612. The van der Waals surface area contributed by atoms with Gasteiger partial charge in [-0.3, -0.25) is 9.59 Å². The zero-order valence-corrected chi connectivity index (χ0v) is 17.2. The predicted molar refractivity (Wildman–Crippen MR) is 113 cm³/mol. The second-order valence-electron chi connectivity index (χ2n) is 7.64. The van der Waals surface area contributed by atoms with Crippen molar-refractivity contribution in [2.45, 2.75) is 45.3 Å². The molecule has 1 aliphatic rings. The summed E-state index contributed by atoms with van der Waals surface area (Å²) >= 11 is 0. The van der Waals surface area contributed by atoms with Gasteiger partial charge < -0.3 is 10.1 Å². The van der Waals surface area contributed by atoms with Gasteiger partial charge in [0.05, 0.1) is 17.8 Å². The van der Waals surface area contributed by atoms with Gasteiger partial charge in [0, 0.05) is 22.9 Å². The van der Waals surface area contributed by atoms with Crippen molar-refractivity contribution in [1.82, 2.24) is 15.1 Å². The number of rotatable bonds is 7. The number of benzene rings is 2. The molecule has 1 fully saturated rings. The third-order valence-electron chi connectivity index (χ3n) is 5.28. The normalized spacial score (nSPS) is 14.2. The molecule has 3 aromatic rings. The fourth-order valence-electron chi connectivity index (χ4n) is 3.47. The van der Waals surface area contributed by atoms with Gasteiger partial charge in [-0.25, -0.2) is 4.68 Å². The number of amides is 1. The van der Waals surface area contributed by atoms with E-state index in [9.17, 15) is 9.59 Å². The molecular formula is C24H25N3O3. The number of carbonyl (C=O) groups excluding carboxylic acids is 2. The molecule has 6 heteroatoms. The van der Waals surface area contributed by atoms with Gasteiger partial charge in [0.25, 0.3) is 5.91 Å². The number of aromatic nitrogens is 2. The summed E-state index contributed by atoms with van der Waals surface area (Å²) in [4.78, 5) is 25.5. The number of ether oxygens (including phenoxy) is 1. The first kappa shape index (κ1) is 19.9. The number of hydrogen-bond donors (Lipinski definition) is 1. The summed E-state index contributed by atoms with van der Waals surface area (Å²) in [6, 6.07) is 19.1. The molecule has 4 rings (SSSR count). The minimum atomic E-state index is -0.955. The molecule has 1 atom stereocenters. The summed E-state index contributed by atoms with van der Waals surface area (Å²) < 4.78 is 7.49. The summed E-state index contributed by atoms with van der Waals surface area (Å²) in [5.41, 5.74) is 4.07. The zero-order valence-electron chi connectivity index (χ0n) is 17.2. The van der Waals surface area contributed by atoms with Crippen LogP contribution in [-0.2, 0) is 20.7 Å². The Bertz CT molecular complexity index is 1040. The van der Waals surface area contributed by atoms with Crippen molar-refractivity contribution < 1.29 is 14.3 Å². The first-order chi connectivity index (χ1) is 14.5. The summed E-state index contributed by atoms with van der Waals surface area (Å²) in [5, 5.41) is 7.52. The van der Waals surface area contributed by atoms with Gasteiger partial charge in [0.1, 0.15) is 0 Å². The van der Waals surface area contributed by atoms with Crippen LogP contribution in [0.5, 0.6) is 0 Å². The Balaban J connectivity index is 1.52. The third-order valence-corrected chi connectivity index (χ3v) is 5.28. The highest BCUT2D eigenvalue weighted by atomic mass is 16.5. The first-order valence-corrected chi connectivity index (χ1v) is 10.2. The maximum Gasteiger partial charge on any atom is 0.311 e. The molecule has 30 heavy (non-hydrogen) atoms. The average molecular weight is 403 g/mol. The molecule has 154 valence electrons. The SMILES string of the molecule is Cc1nn(-c2ccccc2)c(C)c1CC(=O)O[C@@H](C(=O)NC1CC1)c1ccccc1. The van der Waals surface area contributed by atoms with Crippen molar-refractivity contribution in [2.75, 3.05) is 0 Å². The minimum Gasteiger partial charge on any atom is -0.447 e. The van der Waals surface area contributed by atoms with E-state index in [0.29, 0.717) is 5.56 Å². The van der Waals surface area contributed by atoms with E-state index in [0.717, 1.165) is 35.5 Å². The maximum atomic E-state index is 12.8. The lowest BCUT2D eigenvalue weighted by Gasteiger charge is -2.18. The van der Waals surface area contributed by atoms with Gasteiger partial charge in [-0.2, -0.15) is 5.10 Å². The van der Waals surface area contributed by atoms with Crippen LogP contribution in [0.25, 0.3) is 5.69 Å². The van der Waals surface area contributed by atoms with Crippen LogP contribution in [0.3, 0.4) is 0 Å². The van der Waals surface area contributed by atoms with E-state index in [-0.39, 0.29) is 18.4 Å². The lowest BCUT2D eigenvalue weighted by Crippen LogP contribution is -2.33. The van der Waals surface area contributed by atoms with Gasteiger partial charge in [0.15, 0.2) is 0 Å². The molecule has 2 aromatic carbocycles. The van der Waals surface area contributed by atoms with E-state index in [2.05, 4.69) is 10.4 Å². The maximum absolute atomic E-state index is 12.8. The van der Waals surface area contributed by atoms with E-state index in [1.807, 2.05) is 67.1 Å². The molecule has 1 amide bonds. The Morgan fingerprint density at radius 3 is 2.33 bits per heavy atom. The highest BCUT2D eigenvalue weighted by Crippen LogP contribution is 2.24. The van der Waals surface area contributed by atoms with E-state index >= 15 is 0 Å². The molecule has 0 radical (unpaired) electrons. The molecule has 0 bridgehead atoms. The summed E-state index contributed by atoms with van der Waals surface area (Å²) in [6.45, 7) is 3.81. The van der Waals surface area contributed by atoms with Crippen molar-refractivity contribution >= 4 is 11.9 Å². The molecule has 0 spiro atoms. The van der Waals surface area contributed by atoms with E-state index in [4.69, 9.17) is 4.74 Å². The van der Waals surface area contributed by atoms with E-state index in [1.165, 1.54) is 0 Å². The molecule has 1 aromatic heterocycles. The minimum absolute atomic E-state index is 0.0601. The summed E-state index contributed by atoms with van der Waals surface area (Å²) in [7, 11) is 0. The molecule has 6 nitrogen and oxygen atoms in total. The van der Waals surface area contributed by atoms with Crippen LogP contribution >= 0.6 is 0 Å². The Hall–Kier alpha value is -3.41. The smallest absolute Gasteiger partial charge is 0.311 e. The van der Waals surface area contributed by atoms with Crippen molar-refractivity contribution in [3.05, 3.63) is 83.2 Å². The highest BCUT2D eigenvalue weighted by Gasteiger charge is 2.31. The van der Waals surface area contributed by atoms with Crippen LogP contribution in [0.15, 0.2) is 60.7 Å².